The topological polar surface area (TPSA) is 21.3 Å². The van der Waals surface area contributed by atoms with Crippen LogP contribution in [-0.2, 0) is 11.2 Å². The highest BCUT2D eigenvalue weighted by Gasteiger charge is 2.24. The van der Waals surface area contributed by atoms with Crippen molar-refractivity contribution in [3.05, 3.63) is 34.9 Å². The number of ether oxygens (including phenoxy) is 1. The Balaban J connectivity index is 2.07. The van der Waals surface area contributed by atoms with Gasteiger partial charge in [0.2, 0.25) is 0 Å². The molecule has 0 saturated carbocycles. The van der Waals surface area contributed by atoms with Crippen LogP contribution >= 0.6 is 0 Å². The lowest BCUT2D eigenvalue weighted by atomic mass is 9.93. The molecule has 0 amide bonds. The number of nitrogens with one attached hydrogen (secondary N) is 1. The normalized spacial score (nSPS) is 20.9. The molecule has 2 heteroatoms. The fourth-order valence-electron chi connectivity index (χ4n) is 3.00. The van der Waals surface area contributed by atoms with E-state index in [4.69, 9.17) is 4.74 Å². The SMILES string of the molecule is CCCNC(Cc1cc(C)ccc1C)C1CCCCO1. The van der Waals surface area contributed by atoms with Gasteiger partial charge in [0, 0.05) is 12.6 Å². The average Bonchev–Trinajstić information content (AvgIpc) is 2.48. The van der Waals surface area contributed by atoms with Gasteiger partial charge in [-0.15, -0.1) is 0 Å². The van der Waals surface area contributed by atoms with Gasteiger partial charge in [-0.2, -0.15) is 0 Å². The third kappa shape index (κ3) is 4.32. The zero-order chi connectivity index (χ0) is 14.4. The summed E-state index contributed by atoms with van der Waals surface area (Å²) in [5, 5.41) is 3.71. The van der Waals surface area contributed by atoms with Gasteiger partial charge in [0.05, 0.1) is 6.10 Å². The molecule has 1 saturated heterocycles. The number of hydrogen-bond donors (Lipinski definition) is 1. The molecule has 1 aromatic carbocycles. The van der Waals surface area contributed by atoms with Crippen molar-refractivity contribution in [1.82, 2.24) is 5.32 Å². The van der Waals surface area contributed by atoms with Gasteiger partial charge in [-0.25, -0.2) is 0 Å². The van der Waals surface area contributed by atoms with Crippen LogP contribution in [0.5, 0.6) is 0 Å². The lowest BCUT2D eigenvalue weighted by Crippen LogP contribution is -2.44. The van der Waals surface area contributed by atoms with Crippen molar-refractivity contribution >= 4 is 0 Å². The molecule has 1 aliphatic heterocycles. The zero-order valence-corrected chi connectivity index (χ0v) is 13.2. The molecule has 0 bridgehead atoms. The summed E-state index contributed by atoms with van der Waals surface area (Å²) in [5.74, 6) is 0. The molecule has 20 heavy (non-hydrogen) atoms. The molecule has 0 aliphatic carbocycles. The molecular formula is C18H29NO. The van der Waals surface area contributed by atoms with E-state index in [0.717, 1.165) is 19.6 Å². The molecule has 0 aromatic heterocycles. The summed E-state index contributed by atoms with van der Waals surface area (Å²) >= 11 is 0. The van der Waals surface area contributed by atoms with Crippen LogP contribution in [0.2, 0.25) is 0 Å². The standard InChI is InChI=1S/C18H29NO/c1-4-10-19-17(18-7-5-6-11-20-18)13-16-12-14(2)8-9-15(16)3/h8-9,12,17-19H,4-7,10-11,13H2,1-3H3. The van der Waals surface area contributed by atoms with Crippen molar-refractivity contribution in [1.29, 1.82) is 0 Å². The van der Waals surface area contributed by atoms with E-state index in [1.165, 1.54) is 42.4 Å². The van der Waals surface area contributed by atoms with E-state index in [1.54, 1.807) is 0 Å². The minimum Gasteiger partial charge on any atom is -0.377 e. The van der Waals surface area contributed by atoms with Crippen molar-refractivity contribution < 1.29 is 4.74 Å². The Morgan fingerprint density at radius 3 is 2.85 bits per heavy atom. The van der Waals surface area contributed by atoms with Crippen LogP contribution in [0.15, 0.2) is 18.2 Å². The summed E-state index contributed by atoms with van der Waals surface area (Å²) < 4.78 is 6.02. The Morgan fingerprint density at radius 1 is 1.30 bits per heavy atom. The molecule has 1 N–H and O–H groups in total. The van der Waals surface area contributed by atoms with Crippen molar-refractivity contribution in [2.45, 2.75) is 65.0 Å². The van der Waals surface area contributed by atoms with Crippen LogP contribution in [0, 0.1) is 13.8 Å². The third-order valence-corrected chi connectivity index (χ3v) is 4.26. The molecule has 0 spiro atoms. The van der Waals surface area contributed by atoms with E-state index < -0.39 is 0 Å². The van der Waals surface area contributed by atoms with Gasteiger partial charge in [0.1, 0.15) is 0 Å². The Hall–Kier alpha value is -0.860. The quantitative estimate of drug-likeness (QED) is 0.853. The summed E-state index contributed by atoms with van der Waals surface area (Å²) in [6.45, 7) is 8.63. The molecule has 1 aromatic rings. The van der Waals surface area contributed by atoms with Gasteiger partial charge in [-0.05, 0) is 63.6 Å². The summed E-state index contributed by atoms with van der Waals surface area (Å²) in [6.07, 6.45) is 6.37. The highest BCUT2D eigenvalue weighted by atomic mass is 16.5. The van der Waals surface area contributed by atoms with E-state index in [1.807, 2.05) is 0 Å². The fourth-order valence-corrected chi connectivity index (χ4v) is 3.00. The predicted molar refractivity (Wildman–Crippen MR) is 85.3 cm³/mol. The van der Waals surface area contributed by atoms with Crippen LogP contribution in [0.4, 0.5) is 0 Å². The Bertz CT molecular complexity index is 410. The highest BCUT2D eigenvalue weighted by molar-refractivity contribution is 5.31. The highest BCUT2D eigenvalue weighted by Crippen LogP contribution is 2.21. The van der Waals surface area contributed by atoms with Crippen molar-refractivity contribution in [2.24, 2.45) is 0 Å². The van der Waals surface area contributed by atoms with Crippen molar-refractivity contribution in [2.75, 3.05) is 13.2 Å². The average molecular weight is 275 g/mol. The van der Waals surface area contributed by atoms with E-state index in [2.05, 4.69) is 44.3 Å². The first kappa shape index (κ1) is 15.5. The zero-order valence-electron chi connectivity index (χ0n) is 13.2. The third-order valence-electron chi connectivity index (χ3n) is 4.26. The second kappa shape index (κ2) is 7.80. The number of benzene rings is 1. The van der Waals surface area contributed by atoms with E-state index in [-0.39, 0.29) is 0 Å². The molecule has 112 valence electrons. The molecular weight excluding hydrogens is 246 g/mol. The van der Waals surface area contributed by atoms with Gasteiger partial charge in [0.15, 0.2) is 0 Å². The Kier molecular flexibility index (Phi) is 6.06. The van der Waals surface area contributed by atoms with Gasteiger partial charge < -0.3 is 10.1 Å². The summed E-state index contributed by atoms with van der Waals surface area (Å²) in [6, 6.07) is 7.22. The first-order chi connectivity index (χ1) is 9.70. The van der Waals surface area contributed by atoms with Gasteiger partial charge in [-0.1, -0.05) is 30.7 Å². The van der Waals surface area contributed by atoms with Crippen LogP contribution < -0.4 is 5.32 Å². The maximum atomic E-state index is 6.02. The number of hydrogen-bond acceptors (Lipinski definition) is 2. The van der Waals surface area contributed by atoms with Gasteiger partial charge >= 0.3 is 0 Å². The molecule has 2 atom stereocenters. The molecule has 2 nitrogen and oxygen atoms in total. The fraction of sp³-hybridized carbons (Fsp3) is 0.667. The minimum atomic E-state index is 0.384. The van der Waals surface area contributed by atoms with E-state index in [9.17, 15) is 0 Å². The first-order valence-corrected chi connectivity index (χ1v) is 8.12. The lowest BCUT2D eigenvalue weighted by molar-refractivity contribution is -0.00740. The minimum absolute atomic E-state index is 0.384. The molecule has 0 radical (unpaired) electrons. The molecule has 2 rings (SSSR count). The number of rotatable bonds is 6. The Labute approximate surface area is 123 Å². The monoisotopic (exact) mass is 275 g/mol. The lowest BCUT2D eigenvalue weighted by Gasteiger charge is -2.32. The van der Waals surface area contributed by atoms with E-state index in [0.29, 0.717) is 12.1 Å². The van der Waals surface area contributed by atoms with Crippen molar-refractivity contribution in [3.63, 3.8) is 0 Å². The number of aryl methyl sites for hydroxylation is 2. The molecule has 1 aliphatic rings. The summed E-state index contributed by atoms with van der Waals surface area (Å²) in [7, 11) is 0. The first-order valence-electron chi connectivity index (χ1n) is 8.12. The van der Waals surface area contributed by atoms with Crippen LogP contribution in [0.25, 0.3) is 0 Å². The summed E-state index contributed by atoms with van der Waals surface area (Å²) in [4.78, 5) is 0. The van der Waals surface area contributed by atoms with Crippen LogP contribution in [0.1, 0.15) is 49.3 Å². The van der Waals surface area contributed by atoms with Gasteiger partial charge in [-0.3, -0.25) is 0 Å². The van der Waals surface area contributed by atoms with Crippen molar-refractivity contribution in [3.8, 4) is 0 Å². The predicted octanol–water partition coefficient (Wildman–Crippen LogP) is 3.78. The molecule has 1 heterocycles. The maximum absolute atomic E-state index is 6.02. The van der Waals surface area contributed by atoms with Crippen LogP contribution in [0.3, 0.4) is 0 Å². The molecule has 2 unspecified atom stereocenters. The van der Waals surface area contributed by atoms with E-state index >= 15 is 0 Å². The maximum Gasteiger partial charge on any atom is 0.0731 e. The largest absolute Gasteiger partial charge is 0.377 e. The van der Waals surface area contributed by atoms with Gasteiger partial charge in [0.25, 0.3) is 0 Å². The second-order valence-electron chi connectivity index (χ2n) is 6.10. The smallest absolute Gasteiger partial charge is 0.0731 e. The summed E-state index contributed by atoms with van der Waals surface area (Å²) in [5.41, 5.74) is 4.21. The second-order valence-corrected chi connectivity index (χ2v) is 6.10. The van der Waals surface area contributed by atoms with Crippen LogP contribution in [-0.4, -0.2) is 25.3 Å². The Morgan fingerprint density at radius 2 is 2.15 bits per heavy atom. The molecule has 1 fully saturated rings.